The quantitative estimate of drug-likeness (QED) is 0.478. The summed E-state index contributed by atoms with van der Waals surface area (Å²) in [4.78, 5) is 17.9. The standard InChI is InChI=1S/C21H20ClN3O2/c22-20-6-2-1-5-19(20)15-25(14-17-4-3-11-23-12-17)13-16-7-9-18(10-8-16)21(26)24-27/h1-12,27H,13-15H2,(H,24,26). The van der Waals surface area contributed by atoms with E-state index in [0.29, 0.717) is 18.7 Å². The maximum absolute atomic E-state index is 11.5. The number of hydrogen-bond donors (Lipinski definition) is 2. The normalized spacial score (nSPS) is 10.8. The van der Waals surface area contributed by atoms with Gasteiger partial charge in [-0.1, -0.05) is 48.0 Å². The number of carbonyl (C=O) groups excluding carboxylic acids is 1. The van der Waals surface area contributed by atoms with E-state index in [1.54, 1.807) is 23.8 Å². The Morgan fingerprint density at radius 1 is 0.963 bits per heavy atom. The lowest BCUT2D eigenvalue weighted by Gasteiger charge is -2.23. The minimum Gasteiger partial charge on any atom is -0.290 e. The lowest BCUT2D eigenvalue weighted by Crippen LogP contribution is -2.23. The summed E-state index contributed by atoms with van der Waals surface area (Å²) in [6.07, 6.45) is 3.61. The van der Waals surface area contributed by atoms with Crippen LogP contribution in [0.25, 0.3) is 0 Å². The Bertz CT molecular complexity index is 885. The number of rotatable bonds is 7. The predicted molar refractivity (Wildman–Crippen MR) is 104 cm³/mol. The SMILES string of the molecule is O=C(NO)c1ccc(CN(Cc2cccnc2)Cc2ccccc2Cl)cc1. The van der Waals surface area contributed by atoms with E-state index in [1.807, 2.05) is 54.7 Å². The molecule has 1 amide bonds. The monoisotopic (exact) mass is 381 g/mol. The molecule has 0 aliphatic carbocycles. The molecule has 3 rings (SSSR count). The number of nitrogens with zero attached hydrogens (tertiary/aromatic N) is 2. The van der Waals surface area contributed by atoms with E-state index >= 15 is 0 Å². The third-order valence-electron chi connectivity index (χ3n) is 4.20. The largest absolute Gasteiger partial charge is 0.290 e. The van der Waals surface area contributed by atoms with Gasteiger partial charge in [-0.25, -0.2) is 5.48 Å². The molecule has 0 unspecified atom stereocenters. The summed E-state index contributed by atoms with van der Waals surface area (Å²) in [6, 6.07) is 18.9. The molecule has 2 aromatic carbocycles. The van der Waals surface area contributed by atoms with Crippen LogP contribution >= 0.6 is 11.6 Å². The van der Waals surface area contributed by atoms with E-state index in [1.165, 1.54) is 0 Å². The van der Waals surface area contributed by atoms with Gasteiger partial charge in [0.1, 0.15) is 0 Å². The third-order valence-corrected chi connectivity index (χ3v) is 4.57. The molecule has 6 heteroatoms. The highest BCUT2D eigenvalue weighted by Crippen LogP contribution is 2.20. The lowest BCUT2D eigenvalue weighted by molar-refractivity contribution is 0.0706. The number of benzene rings is 2. The fourth-order valence-electron chi connectivity index (χ4n) is 2.87. The van der Waals surface area contributed by atoms with Gasteiger partial charge in [0.05, 0.1) is 0 Å². The highest BCUT2D eigenvalue weighted by molar-refractivity contribution is 6.31. The van der Waals surface area contributed by atoms with Crippen LogP contribution in [0, 0.1) is 0 Å². The Balaban J connectivity index is 1.78. The topological polar surface area (TPSA) is 65.5 Å². The van der Waals surface area contributed by atoms with Crippen LogP contribution in [0.2, 0.25) is 5.02 Å². The molecule has 0 spiro atoms. The third kappa shape index (κ3) is 5.37. The van der Waals surface area contributed by atoms with Crippen LogP contribution in [-0.2, 0) is 19.6 Å². The lowest BCUT2D eigenvalue weighted by atomic mass is 10.1. The van der Waals surface area contributed by atoms with Crippen molar-refractivity contribution in [3.63, 3.8) is 0 Å². The number of halogens is 1. The van der Waals surface area contributed by atoms with Crippen LogP contribution in [0.4, 0.5) is 0 Å². The summed E-state index contributed by atoms with van der Waals surface area (Å²) in [6.45, 7) is 2.09. The first-order valence-electron chi connectivity index (χ1n) is 8.54. The fourth-order valence-corrected chi connectivity index (χ4v) is 3.06. The van der Waals surface area contributed by atoms with Crippen LogP contribution in [0.5, 0.6) is 0 Å². The molecule has 1 aromatic heterocycles. The van der Waals surface area contributed by atoms with Gasteiger partial charge in [0.15, 0.2) is 0 Å². The van der Waals surface area contributed by atoms with Crippen LogP contribution in [0.15, 0.2) is 73.1 Å². The molecule has 2 N–H and O–H groups in total. The van der Waals surface area contributed by atoms with Gasteiger partial charge in [-0.2, -0.15) is 0 Å². The highest BCUT2D eigenvalue weighted by Gasteiger charge is 2.11. The first-order valence-corrected chi connectivity index (χ1v) is 8.91. The second-order valence-electron chi connectivity index (χ2n) is 6.24. The van der Waals surface area contributed by atoms with Crippen molar-refractivity contribution in [3.05, 3.63) is 100 Å². The first kappa shape index (κ1) is 19.0. The van der Waals surface area contributed by atoms with Gasteiger partial charge in [-0.05, 0) is 41.0 Å². The molecule has 3 aromatic rings. The molecule has 138 valence electrons. The van der Waals surface area contributed by atoms with Gasteiger partial charge in [0.2, 0.25) is 0 Å². The molecule has 0 fully saturated rings. The van der Waals surface area contributed by atoms with Crippen molar-refractivity contribution in [2.75, 3.05) is 0 Å². The summed E-state index contributed by atoms with van der Waals surface area (Å²) in [5.74, 6) is -0.523. The Kier molecular flexibility index (Phi) is 6.54. The van der Waals surface area contributed by atoms with Crippen molar-refractivity contribution in [1.82, 2.24) is 15.4 Å². The Labute approximate surface area is 163 Å². The zero-order chi connectivity index (χ0) is 19.1. The summed E-state index contributed by atoms with van der Waals surface area (Å²) in [5, 5.41) is 9.47. The van der Waals surface area contributed by atoms with Gasteiger partial charge in [-0.3, -0.25) is 19.9 Å². The smallest absolute Gasteiger partial charge is 0.274 e. The summed E-state index contributed by atoms with van der Waals surface area (Å²) >= 11 is 6.34. The minimum atomic E-state index is -0.523. The van der Waals surface area contributed by atoms with Crippen molar-refractivity contribution in [1.29, 1.82) is 0 Å². The Morgan fingerprint density at radius 3 is 2.37 bits per heavy atom. The molecule has 0 saturated carbocycles. The maximum Gasteiger partial charge on any atom is 0.274 e. The number of nitrogens with one attached hydrogen (secondary N) is 1. The maximum atomic E-state index is 11.5. The second-order valence-corrected chi connectivity index (χ2v) is 6.64. The molecule has 0 atom stereocenters. The average Bonchev–Trinajstić information content (AvgIpc) is 2.70. The molecular formula is C21H20ClN3O2. The van der Waals surface area contributed by atoms with E-state index in [-0.39, 0.29) is 0 Å². The molecule has 27 heavy (non-hydrogen) atoms. The van der Waals surface area contributed by atoms with Gasteiger partial charge in [-0.15, -0.1) is 0 Å². The molecule has 0 bridgehead atoms. The molecular weight excluding hydrogens is 362 g/mol. The van der Waals surface area contributed by atoms with Gasteiger partial charge in [0, 0.05) is 42.6 Å². The second kappa shape index (κ2) is 9.28. The van der Waals surface area contributed by atoms with E-state index in [9.17, 15) is 4.79 Å². The Morgan fingerprint density at radius 2 is 1.70 bits per heavy atom. The van der Waals surface area contributed by atoms with Gasteiger partial charge >= 0.3 is 0 Å². The van der Waals surface area contributed by atoms with Crippen molar-refractivity contribution >= 4 is 17.5 Å². The minimum absolute atomic E-state index is 0.408. The summed E-state index contributed by atoms with van der Waals surface area (Å²) in [7, 11) is 0. The molecule has 0 saturated heterocycles. The van der Waals surface area contributed by atoms with Crippen molar-refractivity contribution < 1.29 is 10.0 Å². The molecule has 0 radical (unpaired) electrons. The number of hydrogen-bond acceptors (Lipinski definition) is 4. The van der Waals surface area contributed by atoms with Gasteiger partial charge < -0.3 is 0 Å². The summed E-state index contributed by atoms with van der Waals surface area (Å²) < 4.78 is 0. The number of hydroxylamine groups is 1. The fraction of sp³-hybridized carbons (Fsp3) is 0.143. The van der Waals surface area contributed by atoms with Crippen molar-refractivity contribution in [3.8, 4) is 0 Å². The number of pyridine rings is 1. The zero-order valence-corrected chi connectivity index (χ0v) is 15.4. The molecule has 0 aliphatic heterocycles. The highest BCUT2D eigenvalue weighted by atomic mass is 35.5. The molecule has 5 nitrogen and oxygen atoms in total. The van der Waals surface area contributed by atoms with Crippen molar-refractivity contribution in [2.45, 2.75) is 19.6 Å². The van der Waals surface area contributed by atoms with E-state index < -0.39 is 5.91 Å². The van der Waals surface area contributed by atoms with Gasteiger partial charge in [0.25, 0.3) is 5.91 Å². The Hall–Kier alpha value is -2.73. The first-order chi connectivity index (χ1) is 13.2. The van der Waals surface area contributed by atoms with Crippen LogP contribution in [0.3, 0.4) is 0 Å². The van der Waals surface area contributed by atoms with E-state index in [0.717, 1.165) is 28.3 Å². The van der Waals surface area contributed by atoms with E-state index in [4.69, 9.17) is 16.8 Å². The number of amides is 1. The van der Waals surface area contributed by atoms with Crippen LogP contribution in [-0.4, -0.2) is 21.0 Å². The predicted octanol–water partition coefficient (Wildman–Crippen LogP) is 4.06. The number of aromatic nitrogens is 1. The van der Waals surface area contributed by atoms with Crippen molar-refractivity contribution in [2.24, 2.45) is 0 Å². The van der Waals surface area contributed by atoms with E-state index in [2.05, 4.69) is 9.88 Å². The summed E-state index contributed by atoms with van der Waals surface area (Å²) in [5.41, 5.74) is 5.27. The number of carbonyl (C=O) groups is 1. The zero-order valence-electron chi connectivity index (χ0n) is 14.7. The average molecular weight is 382 g/mol. The molecule has 1 heterocycles. The van der Waals surface area contributed by atoms with Crippen LogP contribution < -0.4 is 5.48 Å². The molecule has 0 aliphatic rings. The van der Waals surface area contributed by atoms with Crippen LogP contribution in [0.1, 0.15) is 27.0 Å².